The molecule has 0 radical (unpaired) electrons. The number of aromatic nitrogens is 1. The summed E-state index contributed by atoms with van der Waals surface area (Å²) < 4.78 is 0. The van der Waals surface area contributed by atoms with Crippen LogP contribution in [0.4, 0.5) is 0 Å². The van der Waals surface area contributed by atoms with Gasteiger partial charge < -0.3 is 15.4 Å². The molecule has 1 aromatic carbocycles. The van der Waals surface area contributed by atoms with E-state index in [9.17, 15) is 9.59 Å². The highest BCUT2D eigenvalue weighted by Gasteiger charge is 2.05. The first kappa shape index (κ1) is 16.1. The highest BCUT2D eigenvalue weighted by Crippen LogP contribution is 2.19. The van der Waals surface area contributed by atoms with Crippen LogP contribution in [-0.2, 0) is 16.0 Å². The SMILES string of the molecule is O=C(O)CCCCNC(=O)CCCc1c[nH]c2ccccc12. The number of carbonyl (C=O) groups excluding carboxylic acids is 1. The van der Waals surface area contributed by atoms with E-state index < -0.39 is 5.97 Å². The topological polar surface area (TPSA) is 82.2 Å². The number of fused-ring (bicyclic) bond motifs is 1. The molecule has 0 aliphatic heterocycles. The Morgan fingerprint density at radius 1 is 1.09 bits per heavy atom. The smallest absolute Gasteiger partial charge is 0.303 e. The van der Waals surface area contributed by atoms with Crippen LogP contribution in [0.3, 0.4) is 0 Å². The highest BCUT2D eigenvalue weighted by molar-refractivity contribution is 5.83. The van der Waals surface area contributed by atoms with Gasteiger partial charge in [0.1, 0.15) is 0 Å². The summed E-state index contributed by atoms with van der Waals surface area (Å²) >= 11 is 0. The largest absolute Gasteiger partial charge is 0.481 e. The number of carbonyl (C=O) groups is 2. The van der Waals surface area contributed by atoms with Crippen molar-refractivity contribution in [2.24, 2.45) is 0 Å². The second-order valence-corrected chi connectivity index (χ2v) is 5.41. The number of para-hydroxylation sites is 1. The molecule has 2 rings (SSSR count). The summed E-state index contributed by atoms with van der Waals surface area (Å²) in [7, 11) is 0. The van der Waals surface area contributed by atoms with E-state index in [0.717, 1.165) is 18.4 Å². The number of rotatable bonds is 9. The minimum Gasteiger partial charge on any atom is -0.481 e. The van der Waals surface area contributed by atoms with E-state index in [1.165, 1.54) is 10.9 Å². The third-order valence-electron chi connectivity index (χ3n) is 3.66. The lowest BCUT2D eigenvalue weighted by Crippen LogP contribution is -2.24. The molecule has 1 heterocycles. The van der Waals surface area contributed by atoms with Gasteiger partial charge in [0.05, 0.1) is 0 Å². The molecule has 0 spiro atoms. The monoisotopic (exact) mass is 302 g/mol. The van der Waals surface area contributed by atoms with Crippen LogP contribution in [0.25, 0.3) is 10.9 Å². The Morgan fingerprint density at radius 3 is 2.73 bits per heavy atom. The van der Waals surface area contributed by atoms with Gasteiger partial charge in [-0.25, -0.2) is 0 Å². The molecule has 0 aliphatic carbocycles. The zero-order valence-corrected chi connectivity index (χ0v) is 12.6. The van der Waals surface area contributed by atoms with Crippen LogP contribution in [0.1, 0.15) is 37.7 Å². The molecule has 0 unspecified atom stereocenters. The molecule has 3 N–H and O–H groups in total. The number of benzene rings is 1. The molecule has 0 saturated carbocycles. The van der Waals surface area contributed by atoms with Gasteiger partial charge in [-0.15, -0.1) is 0 Å². The first-order valence-corrected chi connectivity index (χ1v) is 7.70. The van der Waals surface area contributed by atoms with E-state index >= 15 is 0 Å². The van der Waals surface area contributed by atoms with Crippen molar-refractivity contribution in [3.8, 4) is 0 Å². The van der Waals surface area contributed by atoms with Crippen molar-refractivity contribution in [3.05, 3.63) is 36.0 Å². The van der Waals surface area contributed by atoms with Gasteiger partial charge in [0, 0.05) is 36.5 Å². The number of nitrogens with one attached hydrogen (secondary N) is 2. The van der Waals surface area contributed by atoms with Gasteiger partial charge in [-0.1, -0.05) is 18.2 Å². The summed E-state index contributed by atoms with van der Waals surface area (Å²) in [4.78, 5) is 25.3. The molecule has 1 aromatic heterocycles. The van der Waals surface area contributed by atoms with Crippen molar-refractivity contribution in [1.29, 1.82) is 0 Å². The summed E-state index contributed by atoms with van der Waals surface area (Å²) in [6, 6.07) is 8.15. The Kier molecular flexibility index (Phi) is 6.01. The fraction of sp³-hybridized carbons (Fsp3) is 0.412. The first-order chi connectivity index (χ1) is 10.7. The van der Waals surface area contributed by atoms with Crippen molar-refractivity contribution in [1.82, 2.24) is 10.3 Å². The van der Waals surface area contributed by atoms with E-state index in [4.69, 9.17) is 5.11 Å². The molecule has 5 nitrogen and oxygen atoms in total. The Bertz CT molecular complexity index is 634. The quantitative estimate of drug-likeness (QED) is 0.623. The van der Waals surface area contributed by atoms with Crippen LogP contribution in [-0.4, -0.2) is 28.5 Å². The lowest BCUT2D eigenvalue weighted by atomic mass is 10.1. The van der Waals surface area contributed by atoms with Crippen LogP contribution in [0, 0.1) is 0 Å². The molecule has 0 bridgehead atoms. The van der Waals surface area contributed by atoms with Crippen LogP contribution >= 0.6 is 0 Å². The number of aliphatic carboxylic acids is 1. The molecule has 0 atom stereocenters. The molecule has 0 saturated heterocycles. The number of amides is 1. The average molecular weight is 302 g/mol. The first-order valence-electron chi connectivity index (χ1n) is 7.70. The van der Waals surface area contributed by atoms with Gasteiger partial charge in [-0.05, 0) is 37.3 Å². The van der Waals surface area contributed by atoms with E-state index in [0.29, 0.717) is 25.8 Å². The van der Waals surface area contributed by atoms with E-state index in [1.807, 2.05) is 24.4 Å². The van der Waals surface area contributed by atoms with Gasteiger partial charge in [0.15, 0.2) is 0 Å². The van der Waals surface area contributed by atoms with E-state index in [1.54, 1.807) is 0 Å². The Morgan fingerprint density at radius 2 is 1.91 bits per heavy atom. The van der Waals surface area contributed by atoms with Gasteiger partial charge in [-0.2, -0.15) is 0 Å². The minimum absolute atomic E-state index is 0.0372. The van der Waals surface area contributed by atoms with Crippen molar-refractivity contribution in [3.63, 3.8) is 0 Å². The van der Waals surface area contributed by atoms with Crippen molar-refractivity contribution in [2.45, 2.75) is 38.5 Å². The summed E-state index contributed by atoms with van der Waals surface area (Å²) in [5.41, 5.74) is 2.37. The number of aromatic amines is 1. The maximum Gasteiger partial charge on any atom is 0.303 e. The summed E-state index contributed by atoms with van der Waals surface area (Å²) in [6.45, 7) is 0.555. The Hall–Kier alpha value is -2.30. The van der Waals surface area contributed by atoms with Crippen LogP contribution in [0.2, 0.25) is 0 Å². The number of carboxylic acids is 1. The third kappa shape index (κ3) is 4.91. The molecule has 22 heavy (non-hydrogen) atoms. The van der Waals surface area contributed by atoms with Crippen LogP contribution < -0.4 is 5.32 Å². The number of hydrogen-bond donors (Lipinski definition) is 3. The average Bonchev–Trinajstić information content (AvgIpc) is 2.90. The fourth-order valence-corrected chi connectivity index (χ4v) is 2.50. The minimum atomic E-state index is -0.787. The fourth-order valence-electron chi connectivity index (χ4n) is 2.50. The Labute approximate surface area is 129 Å². The second kappa shape index (κ2) is 8.22. The molecule has 118 valence electrons. The lowest BCUT2D eigenvalue weighted by molar-refractivity contribution is -0.137. The zero-order valence-electron chi connectivity index (χ0n) is 12.6. The second-order valence-electron chi connectivity index (χ2n) is 5.41. The van der Waals surface area contributed by atoms with Gasteiger partial charge in [0.25, 0.3) is 0 Å². The molecule has 1 amide bonds. The highest BCUT2D eigenvalue weighted by atomic mass is 16.4. The summed E-state index contributed by atoms with van der Waals surface area (Å²) in [5.74, 6) is -0.750. The lowest BCUT2D eigenvalue weighted by Gasteiger charge is -2.04. The van der Waals surface area contributed by atoms with Crippen LogP contribution in [0.5, 0.6) is 0 Å². The number of aryl methyl sites for hydroxylation is 1. The summed E-state index contributed by atoms with van der Waals surface area (Å²) in [5, 5.41) is 12.6. The van der Waals surface area contributed by atoms with E-state index in [2.05, 4.69) is 16.4 Å². The zero-order chi connectivity index (χ0) is 15.8. The van der Waals surface area contributed by atoms with Gasteiger partial charge in [0.2, 0.25) is 5.91 Å². The molecule has 2 aromatic rings. The molecule has 0 aliphatic rings. The van der Waals surface area contributed by atoms with Gasteiger partial charge >= 0.3 is 5.97 Å². The summed E-state index contributed by atoms with van der Waals surface area (Å²) in [6.07, 6.45) is 5.66. The van der Waals surface area contributed by atoms with Crippen molar-refractivity contribution >= 4 is 22.8 Å². The molecular formula is C17H22N2O3. The number of carboxylic acid groups (broad SMARTS) is 1. The predicted molar refractivity (Wildman–Crippen MR) is 85.7 cm³/mol. The Balaban J connectivity index is 1.64. The normalized spacial score (nSPS) is 10.7. The van der Waals surface area contributed by atoms with Gasteiger partial charge in [-0.3, -0.25) is 9.59 Å². The predicted octanol–water partition coefficient (Wildman–Crippen LogP) is 2.86. The molecule has 5 heteroatoms. The molecule has 0 fully saturated rings. The maximum atomic E-state index is 11.7. The van der Waals surface area contributed by atoms with Crippen molar-refractivity contribution < 1.29 is 14.7 Å². The standard InChI is InChI=1S/C17H22N2O3/c20-16(18-11-4-3-10-17(21)22)9-5-6-13-12-19-15-8-2-1-7-14(13)15/h1-2,7-8,12,19H,3-6,9-11H2,(H,18,20)(H,21,22). The molecular weight excluding hydrogens is 280 g/mol. The third-order valence-corrected chi connectivity index (χ3v) is 3.66. The van der Waals surface area contributed by atoms with E-state index in [-0.39, 0.29) is 12.3 Å². The maximum absolute atomic E-state index is 11.7. The number of hydrogen-bond acceptors (Lipinski definition) is 2. The van der Waals surface area contributed by atoms with Crippen LogP contribution in [0.15, 0.2) is 30.5 Å². The number of unbranched alkanes of at least 4 members (excludes halogenated alkanes) is 1. The van der Waals surface area contributed by atoms with Crippen molar-refractivity contribution in [2.75, 3.05) is 6.54 Å². The number of H-pyrrole nitrogens is 1.